The Kier molecular flexibility index (Phi) is 3.94. The lowest BCUT2D eigenvalue weighted by Crippen LogP contribution is -2.57. The van der Waals surface area contributed by atoms with Gasteiger partial charge in [-0.15, -0.1) is 0 Å². The van der Waals surface area contributed by atoms with Gasteiger partial charge in [0, 0.05) is 36.9 Å². The molecule has 1 saturated heterocycles. The maximum absolute atomic E-state index is 5.69. The van der Waals surface area contributed by atoms with Crippen molar-refractivity contribution < 1.29 is 4.74 Å². The highest BCUT2D eigenvalue weighted by molar-refractivity contribution is 5.36. The largest absolute Gasteiger partial charge is 0.475 e. The Morgan fingerprint density at radius 1 is 1.37 bits per heavy atom. The van der Waals surface area contributed by atoms with Crippen molar-refractivity contribution in [2.24, 2.45) is 0 Å². The van der Waals surface area contributed by atoms with Crippen LogP contribution in [0.4, 0.5) is 5.95 Å². The molecule has 1 aliphatic rings. The maximum Gasteiger partial charge on any atom is 0.228 e. The molecule has 1 aromatic rings. The summed E-state index contributed by atoms with van der Waals surface area (Å²) >= 11 is 0. The Hall–Kier alpha value is -1.36. The maximum atomic E-state index is 5.69. The monoisotopic (exact) mass is 264 g/mol. The zero-order valence-electron chi connectivity index (χ0n) is 12.5. The summed E-state index contributed by atoms with van der Waals surface area (Å²) < 4.78 is 5.69. The van der Waals surface area contributed by atoms with Crippen LogP contribution in [0.2, 0.25) is 0 Å². The van der Waals surface area contributed by atoms with Gasteiger partial charge in [-0.1, -0.05) is 0 Å². The van der Waals surface area contributed by atoms with E-state index in [2.05, 4.69) is 34.0 Å². The molecule has 0 amide bonds. The van der Waals surface area contributed by atoms with E-state index in [1.165, 1.54) is 0 Å². The molecule has 106 valence electrons. The van der Waals surface area contributed by atoms with Gasteiger partial charge in [0.05, 0.1) is 6.10 Å². The number of hydrogen-bond donors (Lipinski definition) is 1. The lowest BCUT2D eigenvalue weighted by molar-refractivity contribution is 0.232. The van der Waals surface area contributed by atoms with Gasteiger partial charge in [-0.3, -0.25) is 0 Å². The molecule has 0 aliphatic carbocycles. The van der Waals surface area contributed by atoms with Crippen LogP contribution in [0.25, 0.3) is 0 Å². The summed E-state index contributed by atoms with van der Waals surface area (Å²) in [5.74, 6) is 1.43. The average Bonchev–Trinajstić information content (AvgIpc) is 2.25. The van der Waals surface area contributed by atoms with E-state index in [1.807, 2.05) is 26.8 Å². The molecule has 1 aliphatic heterocycles. The van der Waals surface area contributed by atoms with Crippen LogP contribution >= 0.6 is 0 Å². The molecule has 19 heavy (non-hydrogen) atoms. The highest BCUT2D eigenvalue weighted by atomic mass is 16.5. The zero-order valence-corrected chi connectivity index (χ0v) is 12.5. The Labute approximate surface area is 115 Å². The summed E-state index contributed by atoms with van der Waals surface area (Å²) in [7, 11) is 0. The van der Waals surface area contributed by atoms with Gasteiger partial charge < -0.3 is 15.0 Å². The molecule has 0 bridgehead atoms. The molecule has 1 fully saturated rings. The minimum atomic E-state index is 0.0877. The van der Waals surface area contributed by atoms with E-state index < -0.39 is 0 Å². The fourth-order valence-electron chi connectivity index (χ4n) is 2.28. The first-order valence-electron chi connectivity index (χ1n) is 6.88. The zero-order chi connectivity index (χ0) is 14.0. The number of anilines is 1. The highest BCUT2D eigenvalue weighted by Crippen LogP contribution is 2.20. The molecule has 0 atom stereocenters. The third kappa shape index (κ3) is 3.80. The van der Waals surface area contributed by atoms with Gasteiger partial charge in [0.1, 0.15) is 0 Å². The van der Waals surface area contributed by atoms with Gasteiger partial charge in [-0.2, -0.15) is 4.98 Å². The fraction of sp³-hybridized carbons (Fsp3) is 0.714. The minimum absolute atomic E-state index is 0.0877. The molecule has 1 N–H and O–H groups in total. The molecular weight excluding hydrogens is 240 g/mol. The second-order valence-electron chi connectivity index (χ2n) is 6.05. The highest BCUT2D eigenvalue weighted by Gasteiger charge is 2.27. The molecule has 0 radical (unpaired) electrons. The lowest BCUT2D eigenvalue weighted by atomic mass is 10.0. The number of nitrogens with one attached hydrogen (secondary N) is 1. The van der Waals surface area contributed by atoms with E-state index in [9.17, 15) is 0 Å². The Morgan fingerprint density at radius 2 is 2.11 bits per heavy atom. The van der Waals surface area contributed by atoms with Crippen molar-refractivity contribution in [1.82, 2.24) is 15.3 Å². The Morgan fingerprint density at radius 3 is 2.74 bits per heavy atom. The predicted octanol–water partition coefficient (Wildman–Crippen LogP) is 1.76. The van der Waals surface area contributed by atoms with Gasteiger partial charge in [-0.25, -0.2) is 4.98 Å². The van der Waals surface area contributed by atoms with Crippen LogP contribution in [-0.2, 0) is 0 Å². The SMILES string of the molecule is Cc1cc(OC(C)C)nc(N2CCNC(C)(C)C2)n1. The van der Waals surface area contributed by atoms with Crippen LogP contribution in [0.3, 0.4) is 0 Å². The van der Waals surface area contributed by atoms with Crippen LogP contribution in [0.1, 0.15) is 33.4 Å². The molecule has 0 unspecified atom stereocenters. The number of piperazine rings is 1. The van der Waals surface area contributed by atoms with Crippen LogP contribution < -0.4 is 15.0 Å². The molecular formula is C14H24N4O. The molecule has 5 heteroatoms. The molecule has 0 aromatic carbocycles. The summed E-state index contributed by atoms with van der Waals surface area (Å²) in [6.07, 6.45) is 0.126. The summed E-state index contributed by atoms with van der Waals surface area (Å²) in [5, 5.41) is 3.49. The van der Waals surface area contributed by atoms with Gasteiger partial charge >= 0.3 is 0 Å². The van der Waals surface area contributed by atoms with E-state index in [0.29, 0.717) is 5.88 Å². The topological polar surface area (TPSA) is 50.3 Å². The van der Waals surface area contributed by atoms with Crippen LogP contribution in [-0.4, -0.2) is 41.2 Å². The van der Waals surface area contributed by atoms with Crippen molar-refractivity contribution in [2.75, 3.05) is 24.5 Å². The van der Waals surface area contributed by atoms with Crippen molar-refractivity contribution in [3.8, 4) is 5.88 Å². The smallest absolute Gasteiger partial charge is 0.228 e. The third-order valence-electron chi connectivity index (χ3n) is 3.03. The van der Waals surface area contributed by atoms with E-state index in [-0.39, 0.29) is 11.6 Å². The molecule has 2 rings (SSSR count). The summed E-state index contributed by atoms with van der Waals surface area (Å²) in [6, 6.07) is 1.89. The van der Waals surface area contributed by atoms with Gasteiger partial charge in [0.2, 0.25) is 11.8 Å². The quantitative estimate of drug-likeness (QED) is 0.901. The first kappa shape index (κ1) is 14.1. The fourth-order valence-corrected chi connectivity index (χ4v) is 2.28. The van der Waals surface area contributed by atoms with Gasteiger partial charge in [0.15, 0.2) is 0 Å². The van der Waals surface area contributed by atoms with E-state index in [1.54, 1.807) is 0 Å². The van der Waals surface area contributed by atoms with Crippen molar-refractivity contribution >= 4 is 5.95 Å². The molecule has 5 nitrogen and oxygen atoms in total. The van der Waals surface area contributed by atoms with Gasteiger partial charge in [-0.05, 0) is 34.6 Å². The van der Waals surface area contributed by atoms with Crippen molar-refractivity contribution in [3.05, 3.63) is 11.8 Å². The van der Waals surface area contributed by atoms with Gasteiger partial charge in [0.25, 0.3) is 0 Å². The number of aryl methyl sites for hydroxylation is 1. The van der Waals surface area contributed by atoms with Crippen molar-refractivity contribution in [1.29, 1.82) is 0 Å². The number of hydrogen-bond acceptors (Lipinski definition) is 5. The van der Waals surface area contributed by atoms with E-state index >= 15 is 0 Å². The van der Waals surface area contributed by atoms with Crippen LogP contribution in [0.15, 0.2) is 6.07 Å². The van der Waals surface area contributed by atoms with Crippen molar-refractivity contribution in [2.45, 2.75) is 46.3 Å². The standard InChI is InChI=1S/C14H24N4O/c1-10(2)19-12-8-11(3)16-13(17-12)18-7-6-15-14(4,5)9-18/h8,10,15H,6-7,9H2,1-5H3. The summed E-state index contributed by atoms with van der Waals surface area (Å²) in [4.78, 5) is 11.3. The first-order chi connectivity index (χ1) is 8.85. The van der Waals surface area contributed by atoms with E-state index in [4.69, 9.17) is 4.74 Å². The molecule has 0 saturated carbocycles. The van der Waals surface area contributed by atoms with Crippen molar-refractivity contribution in [3.63, 3.8) is 0 Å². The molecule has 1 aromatic heterocycles. The number of nitrogens with zero attached hydrogens (tertiary/aromatic N) is 3. The normalized spacial score (nSPS) is 18.7. The second-order valence-corrected chi connectivity index (χ2v) is 6.05. The summed E-state index contributed by atoms with van der Waals surface area (Å²) in [6.45, 7) is 13.2. The number of ether oxygens (including phenoxy) is 1. The minimum Gasteiger partial charge on any atom is -0.475 e. The number of rotatable bonds is 3. The predicted molar refractivity (Wildman–Crippen MR) is 76.8 cm³/mol. The average molecular weight is 264 g/mol. The first-order valence-corrected chi connectivity index (χ1v) is 6.88. The molecule has 0 spiro atoms. The van der Waals surface area contributed by atoms with E-state index in [0.717, 1.165) is 31.3 Å². The lowest BCUT2D eigenvalue weighted by Gasteiger charge is -2.39. The Balaban J connectivity index is 2.21. The third-order valence-corrected chi connectivity index (χ3v) is 3.03. The number of aromatic nitrogens is 2. The molecule has 2 heterocycles. The van der Waals surface area contributed by atoms with Crippen LogP contribution in [0.5, 0.6) is 5.88 Å². The summed E-state index contributed by atoms with van der Waals surface area (Å²) in [5.41, 5.74) is 1.03. The Bertz CT molecular complexity index is 445. The second kappa shape index (κ2) is 5.33. The van der Waals surface area contributed by atoms with Crippen LogP contribution in [0, 0.1) is 6.92 Å².